The van der Waals surface area contributed by atoms with E-state index in [1.807, 2.05) is 0 Å². The van der Waals surface area contributed by atoms with Crippen LogP contribution >= 0.6 is 0 Å². The fraction of sp³-hybridized carbons (Fsp3) is 0.750. The number of nitrogens with zero attached hydrogens (tertiary/aromatic N) is 2. The Kier molecular flexibility index (Phi) is 4.02. The fourth-order valence-corrected chi connectivity index (χ4v) is 3.36. The molecule has 3 heterocycles. The summed E-state index contributed by atoms with van der Waals surface area (Å²) < 4.78 is 5.56. The molecule has 3 rings (SSSR count). The standard InChI is InChI=1S/C16H25N3O2/c1-3-12(2)13-10-17-15(18-14(13)20)19-7-4-16(5-8-19)6-9-21-11-16/h10,12H,3-9,11H2,1-2H3,(H,17,18,20). The highest BCUT2D eigenvalue weighted by atomic mass is 16.5. The molecule has 1 N–H and O–H groups in total. The van der Waals surface area contributed by atoms with E-state index >= 15 is 0 Å². The average molecular weight is 291 g/mol. The number of anilines is 1. The number of H-pyrrole nitrogens is 1. The van der Waals surface area contributed by atoms with E-state index in [0.29, 0.717) is 5.41 Å². The van der Waals surface area contributed by atoms with Crippen LogP contribution in [0.15, 0.2) is 11.0 Å². The van der Waals surface area contributed by atoms with Crippen molar-refractivity contribution in [2.24, 2.45) is 5.41 Å². The Labute approximate surface area is 125 Å². The van der Waals surface area contributed by atoms with Gasteiger partial charge in [-0.05, 0) is 37.0 Å². The molecule has 2 aliphatic heterocycles. The molecule has 5 nitrogen and oxygen atoms in total. The minimum Gasteiger partial charge on any atom is -0.381 e. The number of hydrogen-bond acceptors (Lipinski definition) is 4. The summed E-state index contributed by atoms with van der Waals surface area (Å²) in [7, 11) is 0. The van der Waals surface area contributed by atoms with Crippen molar-refractivity contribution < 1.29 is 4.74 Å². The van der Waals surface area contributed by atoms with Crippen LogP contribution in [0.4, 0.5) is 5.95 Å². The fourth-order valence-electron chi connectivity index (χ4n) is 3.36. The van der Waals surface area contributed by atoms with Gasteiger partial charge in [0.05, 0.1) is 6.61 Å². The monoisotopic (exact) mass is 291 g/mol. The molecule has 2 fully saturated rings. The third-order valence-corrected chi connectivity index (χ3v) is 5.27. The second-order valence-electron chi connectivity index (χ2n) is 6.59. The summed E-state index contributed by atoms with van der Waals surface area (Å²) >= 11 is 0. The van der Waals surface area contributed by atoms with Crippen LogP contribution in [0.25, 0.3) is 0 Å². The Morgan fingerprint density at radius 3 is 2.76 bits per heavy atom. The lowest BCUT2D eigenvalue weighted by molar-refractivity contribution is 0.133. The van der Waals surface area contributed by atoms with Crippen LogP contribution in [0.2, 0.25) is 0 Å². The lowest BCUT2D eigenvalue weighted by atomic mass is 9.78. The first-order chi connectivity index (χ1) is 10.1. The van der Waals surface area contributed by atoms with Gasteiger partial charge in [-0.2, -0.15) is 0 Å². The molecule has 5 heteroatoms. The van der Waals surface area contributed by atoms with E-state index in [1.54, 1.807) is 6.20 Å². The molecular formula is C16H25N3O2. The molecule has 1 aromatic heterocycles. The van der Waals surface area contributed by atoms with Gasteiger partial charge < -0.3 is 9.64 Å². The molecule has 1 aromatic rings. The van der Waals surface area contributed by atoms with Crippen molar-refractivity contribution in [3.8, 4) is 0 Å². The maximum absolute atomic E-state index is 12.2. The summed E-state index contributed by atoms with van der Waals surface area (Å²) in [6.45, 7) is 7.86. The highest BCUT2D eigenvalue weighted by Crippen LogP contribution is 2.39. The van der Waals surface area contributed by atoms with Crippen molar-refractivity contribution in [3.63, 3.8) is 0 Å². The second kappa shape index (κ2) is 5.79. The Balaban J connectivity index is 1.71. The maximum Gasteiger partial charge on any atom is 0.255 e. The largest absolute Gasteiger partial charge is 0.381 e. The van der Waals surface area contributed by atoms with Gasteiger partial charge in [0, 0.05) is 31.5 Å². The summed E-state index contributed by atoms with van der Waals surface area (Å²) in [6.07, 6.45) is 6.15. The van der Waals surface area contributed by atoms with Crippen LogP contribution in [-0.4, -0.2) is 36.3 Å². The molecule has 2 saturated heterocycles. The normalized spacial score (nSPS) is 22.7. The molecule has 0 aliphatic carbocycles. The zero-order valence-electron chi connectivity index (χ0n) is 13.0. The molecular weight excluding hydrogens is 266 g/mol. The van der Waals surface area contributed by atoms with Gasteiger partial charge in [0.15, 0.2) is 0 Å². The summed E-state index contributed by atoms with van der Waals surface area (Å²) in [4.78, 5) is 21.8. The smallest absolute Gasteiger partial charge is 0.255 e. The lowest BCUT2D eigenvalue weighted by Crippen LogP contribution is -2.41. The van der Waals surface area contributed by atoms with Gasteiger partial charge in [-0.1, -0.05) is 13.8 Å². The number of aromatic nitrogens is 2. The first kappa shape index (κ1) is 14.6. The van der Waals surface area contributed by atoms with Crippen LogP contribution in [-0.2, 0) is 4.74 Å². The van der Waals surface area contributed by atoms with Crippen LogP contribution < -0.4 is 10.5 Å². The third-order valence-electron chi connectivity index (χ3n) is 5.27. The zero-order valence-corrected chi connectivity index (χ0v) is 13.0. The third kappa shape index (κ3) is 2.84. The molecule has 21 heavy (non-hydrogen) atoms. The van der Waals surface area contributed by atoms with Crippen LogP contribution in [0.5, 0.6) is 0 Å². The minimum atomic E-state index is 0.0128. The Bertz CT molecular complexity index is 539. The Hall–Kier alpha value is -1.36. The van der Waals surface area contributed by atoms with E-state index in [1.165, 1.54) is 6.42 Å². The second-order valence-corrected chi connectivity index (χ2v) is 6.59. The highest BCUT2D eigenvalue weighted by molar-refractivity contribution is 5.31. The number of hydrogen-bond donors (Lipinski definition) is 1. The molecule has 0 saturated carbocycles. The zero-order chi connectivity index (χ0) is 14.9. The van der Waals surface area contributed by atoms with Crippen molar-refractivity contribution in [2.75, 3.05) is 31.2 Å². The van der Waals surface area contributed by atoms with Crippen LogP contribution in [0.1, 0.15) is 51.0 Å². The van der Waals surface area contributed by atoms with Crippen molar-refractivity contribution in [3.05, 3.63) is 22.1 Å². The van der Waals surface area contributed by atoms with Crippen molar-refractivity contribution in [2.45, 2.75) is 45.4 Å². The van der Waals surface area contributed by atoms with E-state index in [4.69, 9.17) is 4.74 Å². The van der Waals surface area contributed by atoms with E-state index in [2.05, 4.69) is 28.7 Å². The van der Waals surface area contributed by atoms with E-state index < -0.39 is 0 Å². The molecule has 0 aromatic carbocycles. The number of ether oxygens (including phenoxy) is 1. The van der Waals surface area contributed by atoms with Crippen molar-refractivity contribution in [1.29, 1.82) is 0 Å². The lowest BCUT2D eigenvalue weighted by Gasteiger charge is -2.38. The molecule has 0 radical (unpaired) electrons. The van der Waals surface area contributed by atoms with E-state index in [-0.39, 0.29) is 11.5 Å². The SMILES string of the molecule is CCC(C)c1cnc(N2CCC3(CCOC3)CC2)[nH]c1=O. The summed E-state index contributed by atoms with van der Waals surface area (Å²) in [5.41, 5.74) is 1.19. The van der Waals surface area contributed by atoms with E-state index in [9.17, 15) is 4.79 Å². The topological polar surface area (TPSA) is 58.2 Å². The van der Waals surface area contributed by atoms with Gasteiger partial charge in [-0.3, -0.25) is 9.78 Å². The van der Waals surface area contributed by atoms with Gasteiger partial charge in [0.1, 0.15) is 0 Å². The molecule has 2 aliphatic rings. The Morgan fingerprint density at radius 2 is 2.19 bits per heavy atom. The van der Waals surface area contributed by atoms with Gasteiger partial charge in [-0.25, -0.2) is 4.98 Å². The quantitative estimate of drug-likeness (QED) is 0.928. The van der Waals surface area contributed by atoms with Crippen LogP contribution in [0, 0.1) is 5.41 Å². The molecule has 116 valence electrons. The molecule has 1 atom stereocenters. The van der Waals surface area contributed by atoms with Gasteiger partial charge >= 0.3 is 0 Å². The predicted molar refractivity (Wildman–Crippen MR) is 82.9 cm³/mol. The minimum absolute atomic E-state index is 0.0128. The van der Waals surface area contributed by atoms with Gasteiger partial charge in [-0.15, -0.1) is 0 Å². The van der Waals surface area contributed by atoms with Crippen LogP contribution in [0.3, 0.4) is 0 Å². The van der Waals surface area contributed by atoms with Gasteiger partial charge in [0.25, 0.3) is 5.56 Å². The number of nitrogens with one attached hydrogen (secondary N) is 1. The molecule has 0 bridgehead atoms. The summed E-state index contributed by atoms with van der Waals surface area (Å²) in [6, 6.07) is 0. The van der Waals surface area contributed by atoms with E-state index in [0.717, 1.165) is 57.1 Å². The summed E-state index contributed by atoms with van der Waals surface area (Å²) in [5.74, 6) is 0.983. The Morgan fingerprint density at radius 1 is 1.43 bits per heavy atom. The molecule has 0 amide bonds. The van der Waals surface area contributed by atoms with Crippen molar-refractivity contribution >= 4 is 5.95 Å². The summed E-state index contributed by atoms with van der Waals surface area (Å²) in [5, 5.41) is 0. The predicted octanol–water partition coefficient (Wildman–Crippen LogP) is 2.29. The number of rotatable bonds is 3. The highest BCUT2D eigenvalue weighted by Gasteiger charge is 2.38. The maximum atomic E-state index is 12.2. The van der Waals surface area contributed by atoms with Gasteiger partial charge in [0.2, 0.25) is 5.95 Å². The molecule has 1 spiro atoms. The first-order valence-electron chi connectivity index (χ1n) is 8.05. The average Bonchev–Trinajstić information content (AvgIpc) is 2.95. The molecule has 1 unspecified atom stereocenters. The first-order valence-corrected chi connectivity index (χ1v) is 8.05. The number of aromatic amines is 1. The number of piperidine rings is 1. The van der Waals surface area contributed by atoms with Crippen molar-refractivity contribution in [1.82, 2.24) is 9.97 Å².